The Balaban J connectivity index is 1.99. The SMILES string of the molecule is COCC(C)(C)Cn1nnnc1N(C)CC1CCOC1. The quantitative estimate of drug-likeness (QED) is 0.738. The average molecular weight is 283 g/mol. The van der Waals surface area contributed by atoms with Gasteiger partial charge in [0.15, 0.2) is 0 Å². The van der Waals surface area contributed by atoms with Crippen LogP contribution in [0.25, 0.3) is 0 Å². The third kappa shape index (κ3) is 3.89. The van der Waals surface area contributed by atoms with Gasteiger partial charge in [0.2, 0.25) is 5.95 Å². The van der Waals surface area contributed by atoms with Crippen LogP contribution in [0.5, 0.6) is 0 Å². The van der Waals surface area contributed by atoms with Crippen LogP contribution in [0, 0.1) is 11.3 Å². The second kappa shape index (κ2) is 6.49. The van der Waals surface area contributed by atoms with Crippen LogP contribution in [0.3, 0.4) is 0 Å². The molecule has 7 nitrogen and oxygen atoms in total. The van der Waals surface area contributed by atoms with Crippen molar-refractivity contribution in [2.24, 2.45) is 11.3 Å². The molecule has 2 rings (SSSR count). The Kier molecular flexibility index (Phi) is 4.93. The molecular weight excluding hydrogens is 258 g/mol. The highest BCUT2D eigenvalue weighted by atomic mass is 16.5. The maximum atomic E-state index is 5.42. The fraction of sp³-hybridized carbons (Fsp3) is 0.923. The fourth-order valence-corrected chi connectivity index (χ4v) is 2.61. The molecule has 0 N–H and O–H groups in total. The molecule has 1 saturated heterocycles. The van der Waals surface area contributed by atoms with Crippen molar-refractivity contribution in [3.8, 4) is 0 Å². The Bertz CT molecular complexity index is 415. The van der Waals surface area contributed by atoms with E-state index in [0.717, 1.165) is 38.7 Å². The van der Waals surface area contributed by atoms with Crippen molar-refractivity contribution in [2.45, 2.75) is 26.8 Å². The second-order valence-electron chi connectivity index (χ2n) is 6.34. The van der Waals surface area contributed by atoms with Crippen LogP contribution in [0.15, 0.2) is 0 Å². The van der Waals surface area contributed by atoms with E-state index in [1.165, 1.54) is 0 Å². The molecule has 1 aromatic rings. The number of ether oxygens (including phenoxy) is 2. The lowest BCUT2D eigenvalue weighted by molar-refractivity contribution is 0.0889. The van der Waals surface area contributed by atoms with Gasteiger partial charge in [0.1, 0.15) is 0 Å². The Morgan fingerprint density at radius 3 is 2.95 bits per heavy atom. The van der Waals surface area contributed by atoms with Gasteiger partial charge in [0.25, 0.3) is 0 Å². The molecule has 1 aliphatic heterocycles. The van der Waals surface area contributed by atoms with Crippen LogP contribution in [-0.4, -0.2) is 60.7 Å². The molecule has 0 spiro atoms. The van der Waals surface area contributed by atoms with E-state index in [1.54, 1.807) is 7.11 Å². The number of hydrogen-bond donors (Lipinski definition) is 0. The van der Waals surface area contributed by atoms with Gasteiger partial charge in [-0.3, -0.25) is 0 Å². The predicted octanol–water partition coefficient (Wildman–Crippen LogP) is 0.818. The fourth-order valence-electron chi connectivity index (χ4n) is 2.61. The van der Waals surface area contributed by atoms with Crippen LogP contribution in [0.1, 0.15) is 20.3 Å². The molecule has 1 aromatic heterocycles. The van der Waals surface area contributed by atoms with Crippen molar-refractivity contribution in [1.82, 2.24) is 20.2 Å². The van der Waals surface area contributed by atoms with Gasteiger partial charge in [-0.05, 0) is 16.8 Å². The van der Waals surface area contributed by atoms with Gasteiger partial charge in [0, 0.05) is 38.6 Å². The molecule has 7 heteroatoms. The number of nitrogens with zero attached hydrogens (tertiary/aromatic N) is 5. The molecule has 1 unspecified atom stereocenters. The van der Waals surface area contributed by atoms with Gasteiger partial charge >= 0.3 is 0 Å². The molecule has 0 radical (unpaired) electrons. The van der Waals surface area contributed by atoms with E-state index in [9.17, 15) is 0 Å². The summed E-state index contributed by atoms with van der Waals surface area (Å²) in [6.07, 6.45) is 1.11. The van der Waals surface area contributed by atoms with Crippen molar-refractivity contribution < 1.29 is 9.47 Å². The number of methoxy groups -OCH3 is 1. The normalized spacial score (nSPS) is 19.5. The third-order valence-electron chi connectivity index (χ3n) is 3.52. The Labute approximate surface area is 120 Å². The number of aromatic nitrogens is 4. The minimum absolute atomic E-state index is 0.00378. The van der Waals surface area contributed by atoms with Gasteiger partial charge in [-0.1, -0.05) is 18.9 Å². The molecule has 0 aromatic carbocycles. The van der Waals surface area contributed by atoms with E-state index < -0.39 is 0 Å². The summed E-state index contributed by atoms with van der Waals surface area (Å²) in [4.78, 5) is 2.11. The van der Waals surface area contributed by atoms with Crippen LogP contribution < -0.4 is 4.90 Å². The van der Waals surface area contributed by atoms with E-state index in [0.29, 0.717) is 12.5 Å². The molecule has 1 fully saturated rings. The van der Waals surface area contributed by atoms with Crippen molar-refractivity contribution in [2.75, 3.05) is 45.4 Å². The Morgan fingerprint density at radius 1 is 1.50 bits per heavy atom. The monoisotopic (exact) mass is 283 g/mol. The third-order valence-corrected chi connectivity index (χ3v) is 3.52. The van der Waals surface area contributed by atoms with E-state index in [1.807, 2.05) is 11.7 Å². The minimum Gasteiger partial charge on any atom is -0.384 e. The van der Waals surface area contributed by atoms with Gasteiger partial charge in [-0.25, -0.2) is 4.68 Å². The van der Waals surface area contributed by atoms with Crippen molar-refractivity contribution in [1.29, 1.82) is 0 Å². The van der Waals surface area contributed by atoms with Gasteiger partial charge in [-0.15, -0.1) is 0 Å². The van der Waals surface area contributed by atoms with Crippen molar-refractivity contribution in [3.05, 3.63) is 0 Å². The first-order valence-corrected chi connectivity index (χ1v) is 7.06. The lowest BCUT2D eigenvalue weighted by Gasteiger charge is -2.26. The highest BCUT2D eigenvalue weighted by Crippen LogP contribution is 2.21. The first kappa shape index (κ1) is 15.2. The van der Waals surface area contributed by atoms with Crippen LogP contribution >= 0.6 is 0 Å². The van der Waals surface area contributed by atoms with E-state index in [4.69, 9.17) is 9.47 Å². The second-order valence-corrected chi connectivity index (χ2v) is 6.34. The zero-order valence-corrected chi connectivity index (χ0v) is 12.9. The molecule has 1 aliphatic rings. The molecule has 0 amide bonds. The van der Waals surface area contributed by atoms with Crippen LogP contribution in [0.4, 0.5) is 5.95 Å². The van der Waals surface area contributed by atoms with E-state index in [2.05, 4.69) is 34.3 Å². The summed E-state index contributed by atoms with van der Waals surface area (Å²) in [5.74, 6) is 1.37. The summed E-state index contributed by atoms with van der Waals surface area (Å²) in [5, 5.41) is 12.1. The molecule has 2 heterocycles. The largest absolute Gasteiger partial charge is 0.384 e. The number of tetrazole rings is 1. The Morgan fingerprint density at radius 2 is 2.30 bits per heavy atom. The van der Waals surface area contributed by atoms with Crippen molar-refractivity contribution in [3.63, 3.8) is 0 Å². The van der Waals surface area contributed by atoms with Crippen molar-refractivity contribution >= 4 is 5.95 Å². The zero-order chi connectivity index (χ0) is 14.6. The summed E-state index contributed by atoms with van der Waals surface area (Å²) in [5.41, 5.74) is -0.00378. The average Bonchev–Trinajstić information content (AvgIpc) is 2.99. The summed E-state index contributed by atoms with van der Waals surface area (Å²) in [7, 11) is 3.75. The van der Waals surface area contributed by atoms with Gasteiger partial charge in [-0.2, -0.15) is 0 Å². The van der Waals surface area contributed by atoms with Gasteiger partial charge in [0.05, 0.1) is 19.8 Å². The Hall–Kier alpha value is -1.21. The summed E-state index contributed by atoms with van der Waals surface area (Å²) >= 11 is 0. The number of hydrogen-bond acceptors (Lipinski definition) is 6. The highest BCUT2D eigenvalue weighted by Gasteiger charge is 2.24. The standard InChI is InChI=1S/C13H25N5O2/c1-13(2,10-19-4)9-18-12(14-15-16-18)17(3)7-11-5-6-20-8-11/h11H,5-10H2,1-4H3. The number of rotatable bonds is 7. The van der Waals surface area contributed by atoms with E-state index in [-0.39, 0.29) is 5.41 Å². The molecule has 1 atom stereocenters. The van der Waals surface area contributed by atoms with Crippen LogP contribution in [0.2, 0.25) is 0 Å². The molecule has 0 bridgehead atoms. The zero-order valence-electron chi connectivity index (χ0n) is 12.9. The maximum Gasteiger partial charge on any atom is 0.245 e. The molecule has 114 valence electrons. The lowest BCUT2D eigenvalue weighted by atomic mass is 9.95. The molecule has 0 saturated carbocycles. The predicted molar refractivity (Wildman–Crippen MR) is 75.7 cm³/mol. The highest BCUT2D eigenvalue weighted by molar-refractivity contribution is 5.26. The number of anilines is 1. The summed E-state index contributed by atoms with van der Waals surface area (Å²) in [6, 6.07) is 0. The summed E-state index contributed by atoms with van der Waals surface area (Å²) < 4.78 is 12.5. The van der Waals surface area contributed by atoms with Gasteiger partial charge < -0.3 is 14.4 Å². The van der Waals surface area contributed by atoms with E-state index >= 15 is 0 Å². The molecular formula is C13H25N5O2. The smallest absolute Gasteiger partial charge is 0.245 e. The molecule has 20 heavy (non-hydrogen) atoms. The summed E-state index contributed by atoms with van der Waals surface area (Å²) in [6.45, 7) is 8.32. The molecule has 0 aliphatic carbocycles. The first-order valence-electron chi connectivity index (χ1n) is 7.06. The first-order chi connectivity index (χ1) is 9.52. The lowest BCUT2D eigenvalue weighted by Crippen LogP contribution is -2.31. The topological polar surface area (TPSA) is 65.3 Å². The van der Waals surface area contributed by atoms with Crippen LogP contribution in [-0.2, 0) is 16.0 Å². The maximum absolute atomic E-state index is 5.42. The minimum atomic E-state index is -0.00378.